The Morgan fingerprint density at radius 1 is 1.23 bits per heavy atom. The molecule has 0 amide bonds. The van der Waals surface area contributed by atoms with E-state index in [1.807, 2.05) is 37.3 Å². The Kier molecular flexibility index (Phi) is 5.65. The van der Waals surface area contributed by atoms with E-state index in [1.54, 1.807) is 12.1 Å². The van der Waals surface area contributed by atoms with Crippen LogP contribution in [-0.2, 0) is 0 Å². The Labute approximate surface area is 183 Å². The molecule has 0 saturated heterocycles. The molecule has 1 aromatic heterocycles. The van der Waals surface area contributed by atoms with Gasteiger partial charge < -0.3 is 19.7 Å². The van der Waals surface area contributed by atoms with Crippen molar-refractivity contribution in [3.8, 4) is 5.75 Å². The van der Waals surface area contributed by atoms with Crippen LogP contribution in [0.5, 0.6) is 5.75 Å². The van der Waals surface area contributed by atoms with Gasteiger partial charge in [-0.2, -0.15) is 0 Å². The van der Waals surface area contributed by atoms with Crippen molar-refractivity contribution < 1.29 is 14.6 Å². The first kappa shape index (κ1) is 21.2. The SMILES string of the molecule is CCOc1ccc(Nc2nc3cc(C(=O)O)ccc3n2C2CC(C)CC(C)(C)C2)cc1. The maximum atomic E-state index is 11.5. The van der Waals surface area contributed by atoms with E-state index in [4.69, 9.17) is 9.72 Å². The summed E-state index contributed by atoms with van der Waals surface area (Å²) in [6.07, 6.45) is 3.34. The van der Waals surface area contributed by atoms with E-state index in [9.17, 15) is 9.90 Å². The summed E-state index contributed by atoms with van der Waals surface area (Å²) in [4.78, 5) is 16.3. The van der Waals surface area contributed by atoms with Crippen molar-refractivity contribution in [2.24, 2.45) is 11.3 Å². The summed E-state index contributed by atoms with van der Waals surface area (Å²) in [7, 11) is 0. The van der Waals surface area contributed by atoms with Crippen LogP contribution in [0.25, 0.3) is 11.0 Å². The van der Waals surface area contributed by atoms with Gasteiger partial charge in [-0.1, -0.05) is 20.8 Å². The minimum Gasteiger partial charge on any atom is -0.494 e. The van der Waals surface area contributed by atoms with Gasteiger partial charge in [0.1, 0.15) is 5.75 Å². The quantitative estimate of drug-likeness (QED) is 0.491. The number of ether oxygens (including phenoxy) is 1. The topological polar surface area (TPSA) is 76.4 Å². The third kappa shape index (κ3) is 4.53. The highest BCUT2D eigenvalue weighted by atomic mass is 16.5. The summed E-state index contributed by atoms with van der Waals surface area (Å²) in [6.45, 7) is 9.57. The van der Waals surface area contributed by atoms with Crippen molar-refractivity contribution in [3.05, 3.63) is 48.0 Å². The summed E-state index contributed by atoms with van der Waals surface area (Å²) in [5, 5.41) is 12.9. The average Bonchev–Trinajstić information content (AvgIpc) is 3.05. The van der Waals surface area contributed by atoms with Gasteiger partial charge in [0, 0.05) is 11.7 Å². The van der Waals surface area contributed by atoms with Crippen molar-refractivity contribution in [2.75, 3.05) is 11.9 Å². The van der Waals surface area contributed by atoms with Crippen LogP contribution in [0.3, 0.4) is 0 Å². The van der Waals surface area contributed by atoms with E-state index >= 15 is 0 Å². The minimum atomic E-state index is -0.940. The molecule has 2 atom stereocenters. The number of carboxylic acids is 1. The molecule has 3 aromatic rings. The number of nitrogens with one attached hydrogen (secondary N) is 1. The molecule has 4 rings (SSSR count). The normalized spacial score (nSPS) is 20.5. The van der Waals surface area contributed by atoms with Crippen molar-refractivity contribution in [2.45, 2.75) is 53.0 Å². The lowest BCUT2D eigenvalue weighted by molar-refractivity contribution is 0.0697. The van der Waals surface area contributed by atoms with E-state index < -0.39 is 5.97 Å². The number of aromatic nitrogens is 2. The predicted octanol–water partition coefficient (Wildman–Crippen LogP) is 6.26. The Morgan fingerprint density at radius 2 is 1.97 bits per heavy atom. The fourth-order valence-corrected chi connectivity index (χ4v) is 5.11. The van der Waals surface area contributed by atoms with E-state index in [1.165, 1.54) is 6.42 Å². The predicted molar refractivity (Wildman–Crippen MR) is 123 cm³/mol. The molecular weight excluding hydrogens is 390 g/mol. The highest BCUT2D eigenvalue weighted by Crippen LogP contribution is 2.46. The molecule has 164 valence electrons. The molecule has 6 nitrogen and oxygen atoms in total. The summed E-state index contributed by atoms with van der Waals surface area (Å²) in [5.41, 5.74) is 3.08. The van der Waals surface area contributed by atoms with Crippen LogP contribution in [0.1, 0.15) is 63.4 Å². The second kappa shape index (κ2) is 8.25. The number of anilines is 2. The van der Waals surface area contributed by atoms with Gasteiger partial charge in [-0.15, -0.1) is 0 Å². The summed E-state index contributed by atoms with van der Waals surface area (Å²) in [6, 6.07) is 13.3. The molecule has 2 N–H and O–H groups in total. The zero-order valence-electron chi connectivity index (χ0n) is 18.7. The zero-order chi connectivity index (χ0) is 22.2. The molecule has 1 saturated carbocycles. The first-order valence-corrected chi connectivity index (χ1v) is 11.0. The second-order valence-electron chi connectivity index (χ2n) is 9.46. The number of hydrogen-bond acceptors (Lipinski definition) is 4. The lowest BCUT2D eigenvalue weighted by Gasteiger charge is -2.40. The third-order valence-corrected chi connectivity index (χ3v) is 6.09. The van der Waals surface area contributed by atoms with Crippen LogP contribution in [-0.4, -0.2) is 27.2 Å². The molecule has 6 heteroatoms. The fraction of sp³-hybridized carbons (Fsp3) is 0.440. The molecular formula is C25H31N3O3. The largest absolute Gasteiger partial charge is 0.494 e. The molecule has 1 aliphatic carbocycles. The highest BCUT2D eigenvalue weighted by molar-refractivity contribution is 5.93. The number of carboxylic acid groups (broad SMARTS) is 1. The Bertz CT molecular complexity index is 1090. The molecule has 0 aliphatic heterocycles. The maximum Gasteiger partial charge on any atom is 0.335 e. The Balaban J connectivity index is 1.77. The van der Waals surface area contributed by atoms with Crippen molar-refractivity contribution in [1.29, 1.82) is 0 Å². The molecule has 1 fully saturated rings. The summed E-state index contributed by atoms with van der Waals surface area (Å²) in [5.74, 6) is 1.25. The van der Waals surface area contributed by atoms with Gasteiger partial charge in [-0.25, -0.2) is 9.78 Å². The van der Waals surface area contributed by atoms with Crippen molar-refractivity contribution in [3.63, 3.8) is 0 Å². The van der Waals surface area contributed by atoms with Crippen LogP contribution in [0.2, 0.25) is 0 Å². The smallest absolute Gasteiger partial charge is 0.335 e. The molecule has 31 heavy (non-hydrogen) atoms. The zero-order valence-corrected chi connectivity index (χ0v) is 18.7. The minimum absolute atomic E-state index is 0.246. The number of imidazole rings is 1. The lowest BCUT2D eigenvalue weighted by atomic mass is 9.70. The second-order valence-corrected chi connectivity index (χ2v) is 9.46. The van der Waals surface area contributed by atoms with Gasteiger partial charge in [-0.05, 0) is 80.0 Å². The third-order valence-electron chi connectivity index (χ3n) is 6.09. The van der Waals surface area contributed by atoms with Crippen molar-refractivity contribution in [1.82, 2.24) is 9.55 Å². The maximum absolute atomic E-state index is 11.5. The van der Waals surface area contributed by atoms with Crippen LogP contribution in [0.15, 0.2) is 42.5 Å². The highest BCUT2D eigenvalue weighted by Gasteiger charge is 2.34. The average molecular weight is 422 g/mol. The summed E-state index contributed by atoms with van der Waals surface area (Å²) >= 11 is 0. The first-order chi connectivity index (χ1) is 14.8. The van der Waals surface area contributed by atoms with E-state index in [-0.39, 0.29) is 11.0 Å². The number of fused-ring (bicyclic) bond motifs is 1. The van der Waals surface area contributed by atoms with E-state index in [0.29, 0.717) is 24.1 Å². The number of aromatic carboxylic acids is 1. The molecule has 0 bridgehead atoms. The van der Waals surface area contributed by atoms with Gasteiger partial charge in [-0.3, -0.25) is 0 Å². The molecule has 1 heterocycles. The number of carbonyl (C=O) groups is 1. The standard InChI is InChI=1S/C25H31N3O3/c1-5-31-20-9-7-18(8-10-20)26-24-27-21-13-17(23(29)30)6-11-22(21)28(24)19-12-16(2)14-25(3,4)15-19/h6-11,13,16,19H,5,12,14-15H2,1-4H3,(H,26,27)(H,29,30). The molecule has 0 radical (unpaired) electrons. The summed E-state index contributed by atoms with van der Waals surface area (Å²) < 4.78 is 7.82. The number of nitrogens with zero attached hydrogens (tertiary/aromatic N) is 2. The number of rotatable bonds is 6. The van der Waals surface area contributed by atoms with Crippen LogP contribution in [0, 0.1) is 11.3 Å². The van der Waals surface area contributed by atoms with E-state index in [2.05, 4.69) is 30.7 Å². The van der Waals surface area contributed by atoms with Crippen molar-refractivity contribution >= 4 is 28.6 Å². The van der Waals surface area contributed by atoms with Gasteiger partial charge >= 0.3 is 5.97 Å². The Morgan fingerprint density at radius 3 is 2.61 bits per heavy atom. The van der Waals surface area contributed by atoms with Gasteiger partial charge in [0.25, 0.3) is 0 Å². The lowest BCUT2D eigenvalue weighted by Crippen LogP contribution is -2.29. The van der Waals surface area contributed by atoms with Crippen LogP contribution < -0.4 is 10.1 Å². The van der Waals surface area contributed by atoms with Crippen LogP contribution in [0.4, 0.5) is 11.6 Å². The van der Waals surface area contributed by atoms with E-state index in [0.717, 1.165) is 35.7 Å². The van der Waals surface area contributed by atoms with Crippen LogP contribution >= 0.6 is 0 Å². The Hall–Kier alpha value is -3.02. The monoisotopic (exact) mass is 421 g/mol. The molecule has 2 aromatic carbocycles. The number of benzene rings is 2. The van der Waals surface area contributed by atoms with Gasteiger partial charge in [0.15, 0.2) is 0 Å². The van der Waals surface area contributed by atoms with Gasteiger partial charge in [0.2, 0.25) is 5.95 Å². The molecule has 1 aliphatic rings. The first-order valence-electron chi connectivity index (χ1n) is 11.0. The van der Waals surface area contributed by atoms with Gasteiger partial charge in [0.05, 0.1) is 23.2 Å². The molecule has 0 spiro atoms. The fourth-order valence-electron chi connectivity index (χ4n) is 5.11. The molecule has 2 unspecified atom stereocenters. The number of hydrogen-bond donors (Lipinski definition) is 2.